The lowest BCUT2D eigenvalue weighted by Gasteiger charge is -2.26. The fourth-order valence-corrected chi connectivity index (χ4v) is 4.35. The van der Waals surface area contributed by atoms with E-state index in [0.29, 0.717) is 19.8 Å². The molecule has 142 valence electrons. The van der Waals surface area contributed by atoms with Gasteiger partial charge in [0.15, 0.2) is 0 Å². The number of ether oxygens (including phenoxy) is 1. The van der Waals surface area contributed by atoms with Crippen LogP contribution in [0.2, 0.25) is 0 Å². The van der Waals surface area contributed by atoms with E-state index in [1.54, 1.807) is 0 Å². The molecule has 0 spiro atoms. The van der Waals surface area contributed by atoms with Gasteiger partial charge in [0.1, 0.15) is 0 Å². The Bertz CT molecular complexity index is 743. The fourth-order valence-electron chi connectivity index (χ4n) is 2.31. The summed E-state index contributed by atoms with van der Waals surface area (Å²) in [5.74, 6) is 0. The standard InChI is InChI=1S/C14H23N3O6S2/c18-10-6-16-25(21,22)14-3-1-13(2-4-14)24(19,20)15-5-7-17-8-11-23-12-9-17/h1-4,15-16,18H,5-12H2. The van der Waals surface area contributed by atoms with E-state index >= 15 is 0 Å². The van der Waals surface area contributed by atoms with Gasteiger partial charge in [-0.2, -0.15) is 0 Å². The van der Waals surface area contributed by atoms with E-state index in [9.17, 15) is 16.8 Å². The molecular weight excluding hydrogens is 370 g/mol. The minimum Gasteiger partial charge on any atom is -0.395 e. The predicted molar refractivity (Wildman–Crippen MR) is 91.2 cm³/mol. The third-order valence-electron chi connectivity index (χ3n) is 3.67. The molecule has 2 rings (SSSR count). The monoisotopic (exact) mass is 393 g/mol. The average Bonchev–Trinajstić information content (AvgIpc) is 2.61. The van der Waals surface area contributed by atoms with Crippen LogP contribution >= 0.6 is 0 Å². The number of nitrogens with zero attached hydrogens (tertiary/aromatic N) is 1. The Morgan fingerprint density at radius 1 is 0.920 bits per heavy atom. The van der Waals surface area contributed by atoms with Gasteiger partial charge >= 0.3 is 0 Å². The molecule has 1 aromatic carbocycles. The number of aliphatic hydroxyl groups excluding tert-OH is 1. The lowest BCUT2D eigenvalue weighted by atomic mass is 10.4. The van der Waals surface area contributed by atoms with Crippen LogP contribution in [-0.2, 0) is 24.8 Å². The number of rotatable bonds is 9. The molecule has 0 atom stereocenters. The van der Waals surface area contributed by atoms with E-state index in [1.165, 1.54) is 24.3 Å². The van der Waals surface area contributed by atoms with Gasteiger partial charge in [-0.3, -0.25) is 4.90 Å². The predicted octanol–water partition coefficient (Wildman–Crippen LogP) is -1.43. The minimum absolute atomic E-state index is 0.00409. The number of nitrogens with one attached hydrogen (secondary N) is 2. The van der Waals surface area contributed by atoms with Crippen LogP contribution < -0.4 is 9.44 Å². The van der Waals surface area contributed by atoms with Crippen molar-refractivity contribution in [3.05, 3.63) is 24.3 Å². The van der Waals surface area contributed by atoms with Gasteiger partial charge in [-0.1, -0.05) is 0 Å². The molecule has 1 aromatic rings. The largest absolute Gasteiger partial charge is 0.395 e. The molecule has 1 fully saturated rings. The molecule has 11 heteroatoms. The number of sulfonamides is 2. The Morgan fingerprint density at radius 3 is 1.88 bits per heavy atom. The van der Waals surface area contributed by atoms with Gasteiger partial charge < -0.3 is 9.84 Å². The third kappa shape index (κ3) is 5.99. The van der Waals surface area contributed by atoms with Crippen LogP contribution in [0.5, 0.6) is 0 Å². The van der Waals surface area contributed by atoms with E-state index < -0.39 is 20.0 Å². The Labute approximate surface area is 148 Å². The molecule has 0 aliphatic carbocycles. The first kappa shape index (κ1) is 20.2. The molecule has 1 saturated heterocycles. The van der Waals surface area contributed by atoms with Crippen LogP contribution in [0.3, 0.4) is 0 Å². The molecule has 0 unspecified atom stereocenters. The summed E-state index contributed by atoms with van der Waals surface area (Å²) in [7, 11) is -7.46. The molecule has 0 radical (unpaired) electrons. The summed E-state index contributed by atoms with van der Waals surface area (Å²) in [4.78, 5) is 2.04. The van der Waals surface area contributed by atoms with Crippen LogP contribution in [-0.4, -0.2) is 79.4 Å². The molecule has 25 heavy (non-hydrogen) atoms. The first-order valence-electron chi connectivity index (χ1n) is 7.85. The molecule has 0 amide bonds. The van der Waals surface area contributed by atoms with Gasteiger partial charge in [0.05, 0.1) is 29.6 Å². The Balaban J connectivity index is 1.95. The van der Waals surface area contributed by atoms with E-state index in [4.69, 9.17) is 9.84 Å². The third-order valence-corrected chi connectivity index (χ3v) is 6.63. The smallest absolute Gasteiger partial charge is 0.240 e. The highest BCUT2D eigenvalue weighted by Crippen LogP contribution is 2.14. The summed E-state index contributed by atoms with van der Waals surface area (Å²) in [5, 5.41) is 8.68. The molecule has 3 N–H and O–H groups in total. The number of hydrogen-bond donors (Lipinski definition) is 3. The number of benzene rings is 1. The second-order valence-corrected chi connectivity index (χ2v) is 8.98. The van der Waals surface area contributed by atoms with Crippen molar-refractivity contribution >= 4 is 20.0 Å². The Morgan fingerprint density at radius 2 is 1.40 bits per heavy atom. The SMILES string of the molecule is O=S(=O)(NCCO)c1ccc(S(=O)(=O)NCCN2CCOCC2)cc1. The summed E-state index contributed by atoms with van der Waals surface area (Å²) in [6, 6.07) is 4.92. The van der Waals surface area contributed by atoms with Crippen LogP contribution in [0.4, 0.5) is 0 Å². The van der Waals surface area contributed by atoms with Gasteiger partial charge in [-0.25, -0.2) is 26.3 Å². The maximum Gasteiger partial charge on any atom is 0.240 e. The van der Waals surface area contributed by atoms with Crippen molar-refractivity contribution < 1.29 is 26.7 Å². The summed E-state index contributed by atoms with van der Waals surface area (Å²) < 4.78 is 58.2. The van der Waals surface area contributed by atoms with Crippen LogP contribution in [0, 0.1) is 0 Å². The summed E-state index contributed by atoms with van der Waals surface area (Å²) in [6.45, 7) is 3.26. The molecule has 0 aromatic heterocycles. The second kappa shape index (κ2) is 9.03. The van der Waals surface area contributed by atoms with E-state index in [2.05, 4.69) is 14.3 Å². The van der Waals surface area contributed by atoms with Crippen LogP contribution in [0.1, 0.15) is 0 Å². The van der Waals surface area contributed by atoms with Crippen molar-refractivity contribution in [1.29, 1.82) is 0 Å². The van der Waals surface area contributed by atoms with E-state index in [-0.39, 0.29) is 29.5 Å². The van der Waals surface area contributed by atoms with Crippen molar-refractivity contribution in [2.75, 3.05) is 52.5 Å². The highest BCUT2D eigenvalue weighted by atomic mass is 32.2. The summed E-state index contributed by atoms with van der Waals surface area (Å²) in [5.41, 5.74) is 0. The second-order valence-electron chi connectivity index (χ2n) is 5.44. The minimum atomic E-state index is -3.76. The zero-order chi connectivity index (χ0) is 18.3. The van der Waals surface area contributed by atoms with Crippen LogP contribution in [0.25, 0.3) is 0 Å². The van der Waals surface area contributed by atoms with Gasteiger partial charge in [0.25, 0.3) is 0 Å². The molecule has 1 aliphatic heterocycles. The maximum absolute atomic E-state index is 12.3. The quantitative estimate of drug-likeness (QED) is 0.470. The first-order valence-corrected chi connectivity index (χ1v) is 10.8. The molecule has 1 aliphatic rings. The normalized spacial score (nSPS) is 16.8. The van der Waals surface area contributed by atoms with Gasteiger partial charge in [-0.05, 0) is 24.3 Å². The van der Waals surface area contributed by atoms with Gasteiger partial charge in [0.2, 0.25) is 20.0 Å². The van der Waals surface area contributed by atoms with Gasteiger partial charge in [-0.15, -0.1) is 0 Å². The summed E-state index contributed by atoms with van der Waals surface area (Å²) in [6.07, 6.45) is 0. The molecule has 0 bridgehead atoms. The molecule has 0 saturated carbocycles. The number of morpholine rings is 1. The van der Waals surface area contributed by atoms with Crippen molar-refractivity contribution in [3.63, 3.8) is 0 Å². The first-order chi connectivity index (χ1) is 11.8. The van der Waals surface area contributed by atoms with Crippen molar-refractivity contribution in [2.45, 2.75) is 9.79 Å². The molecule has 1 heterocycles. The number of hydrogen-bond acceptors (Lipinski definition) is 7. The number of aliphatic hydroxyl groups is 1. The Hall–Kier alpha value is -1.08. The average molecular weight is 393 g/mol. The molecular formula is C14H23N3O6S2. The lowest BCUT2D eigenvalue weighted by molar-refractivity contribution is 0.0390. The summed E-state index contributed by atoms with van der Waals surface area (Å²) >= 11 is 0. The fraction of sp³-hybridized carbons (Fsp3) is 0.571. The van der Waals surface area contributed by atoms with Crippen LogP contribution in [0.15, 0.2) is 34.1 Å². The highest BCUT2D eigenvalue weighted by molar-refractivity contribution is 7.90. The maximum atomic E-state index is 12.3. The zero-order valence-corrected chi connectivity index (χ0v) is 15.4. The lowest BCUT2D eigenvalue weighted by Crippen LogP contribution is -2.41. The topological polar surface area (TPSA) is 125 Å². The van der Waals surface area contributed by atoms with E-state index in [0.717, 1.165) is 13.1 Å². The van der Waals surface area contributed by atoms with Crippen molar-refractivity contribution in [3.8, 4) is 0 Å². The zero-order valence-electron chi connectivity index (χ0n) is 13.7. The van der Waals surface area contributed by atoms with Crippen molar-refractivity contribution in [1.82, 2.24) is 14.3 Å². The molecule has 9 nitrogen and oxygen atoms in total. The Kier molecular flexibility index (Phi) is 7.31. The van der Waals surface area contributed by atoms with E-state index in [1.807, 2.05) is 0 Å². The van der Waals surface area contributed by atoms with Crippen molar-refractivity contribution in [2.24, 2.45) is 0 Å². The van der Waals surface area contributed by atoms with Gasteiger partial charge in [0, 0.05) is 32.7 Å². The highest BCUT2D eigenvalue weighted by Gasteiger charge is 2.18.